The molecule has 0 radical (unpaired) electrons. The lowest BCUT2D eigenvalue weighted by molar-refractivity contribution is 0.606. The van der Waals surface area contributed by atoms with Crippen LogP contribution in [0, 0.1) is 0 Å². The molecule has 1 aromatic rings. The van der Waals surface area contributed by atoms with E-state index in [1.807, 2.05) is 19.2 Å². The van der Waals surface area contributed by atoms with Gasteiger partial charge in [-0.15, -0.1) is 0 Å². The number of nitrogens with zero attached hydrogens (tertiary/aromatic N) is 2. The van der Waals surface area contributed by atoms with Crippen molar-refractivity contribution < 1.29 is 0 Å². The molecule has 0 aromatic carbocycles. The summed E-state index contributed by atoms with van der Waals surface area (Å²) in [5, 5.41) is 0. The minimum atomic E-state index is 0.0278. The number of anilines is 1. The number of rotatable bonds is 5. The summed E-state index contributed by atoms with van der Waals surface area (Å²) in [7, 11) is 2.09. The number of hydrogen-bond donors (Lipinski definition) is 1. The van der Waals surface area contributed by atoms with Crippen LogP contribution in [0.2, 0.25) is 0 Å². The first-order valence-electron chi connectivity index (χ1n) is 6.01. The summed E-state index contributed by atoms with van der Waals surface area (Å²) >= 11 is 0. The van der Waals surface area contributed by atoms with Crippen molar-refractivity contribution in [2.24, 2.45) is 5.73 Å². The van der Waals surface area contributed by atoms with E-state index < -0.39 is 0 Å². The highest BCUT2D eigenvalue weighted by molar-refractivity contribution is 5.48. The van der Waals surface area contributed by atoms with Crippen molar-refractivity contribution in [1.29, 1.82) is 0 Å². The van der Waals surface area contributed by atoms with E-state index in [-0.39, 0.29) is 6.04 Å². The predicted molar refractivity (Wildman–Crippen MR) is 69.6 cm³/mol. The summed E-state index contributed by atoms with van der Waals surface area (Å²) in [6, 6.07) is 4.53. The average Bonchev–Trinajstić information content (AvgIpc) is 2.28. The summed E-state index contributed by atoms with van der Waals surface area (Å²) in [5.74, 6) is 1.01. The molecule has 1 aromatic heterocycles. The first-order valence-corrected chi connectivity index (χ1v) is 6.01. The average molecular weight is 221 g/mol. The van der Waals surface area contributed by atoms with E-state index in [1.165, 1.54) is 12.8 Å². The summed E-state index contributed by atoms with van der Waals surface area (Å²) in [4.78, 5) is 6.67. The fourth-order valence-corrected chi connectivity index (χ4v) is 1.88. The van der Waals surface area contributed by atoms with Crippen molar-refractivity contribution in [2.75, 3.05) is 11.9 Å². The Bertz CT molecular complexity index is 323. The van der Waals surface area contributed by atoms with Gasteiger partial charge in [-0.05, 0) is 26.3 Å². The lowest BCUT2D eigenvalue weighted by Crippen LogP contribution is -2.31. The van der Waals surface area contributed by atoms with E-state index in [9.17, 15) is 0 Å². The van der Waals surface area contributed by atoms with Crippen LogP contribution >= 0.6 is 0 Å². The van der Waals surface area contributed by atoms with Gasteiger partial charge in [0, 0.05) is 30.9 Å². The maximum Gasteiger partial charge on any atom is 0.133 e. The first-order chi connectivity index (χ1) is 7.57. The monoisotopic (exact) mass is 221 g/mol. The second-order valence-electron chi connectivity index (χ2n) is 4.45. The zero-order chi connectivity index (χ0) is 12.1. The van der Waals surface area contributed by atoms with Gasteiger partial charge in [0.2, 0.25) is 0 Å². The third kappa shape index (κ3) is 2.95. The lowest BCUT2D eigenvalue weighted by Gasteiger charge is -2.28. The summed E-state index contributed by atoms with van der Waals surface area (Å²) in [6.07, 6.45) is 4.19. The van der Waals surface area contributed by atoms with Crippen LogP contribution in [0.15, 0.2) is 18.3 Å². The molecule has 1 rings (SSSR count). The van der Waals surface area contributed by atoms with Gasteiger partial charge >= 0.3 is 0 Å². The standard InChI is InChI=1S/C13H23N3/c1-5-7-10(2)16(4)13-12(11(3)14)8-6-9-15-13/h6,8-11H,5,7,14H2,1-4H3/t10?,11-/m0/s1. The quantitative estimate of drug-likeness (QED) is 0.831. The fourth-order valence-electron chi connectivity index (χ4n) is 1.88. The van der Waals surface area contributed by atoms with Gasteiger partial charge in [-0.1, -0.05) is 19.4 Å². The van der Waals surface area contributed by atoms with Crippen molar-refractivity contribution >= 4 is 5.82 Å². The zero-order valence-corrected chi connectivity index (χ0v) is 10.8. The zero-order valence-electron chi connectivity index (χ0n) is 10.8. The highest BCUT2D eigenvalue weighted by Crippen LogP contribution is 2.23. The number of pyridine rings is 1. The van der Waals surface area contributed by atoms with E-state index in [2.05, 4.69) is 36.8 Å². The summed E-state index contributed by atoms with van der Waals surface area (Å²) < 4.78 is 0. The third-order valence-electron chi connectivity index (χ3n) is 3.01. The van der Waals surface area contributed by atoms with Crippen LogP contribution in [0.25, 0.3) is 0 Å². The molecule has 0 bridgehead atoms. The van der Waals surface area contributed by atoms with E-state index in [1.54, 1.807) is 0 Å². The van der Waals surface area contributed by atoms with Crippen molar-refractivity contribution in [3.8, 4) is 0 Å². The van der Waals surface area contributed by atoms with Gasteiger partial charge in [0.25, 0.3) is 0 Å². The maximum absolute atomic E-state index is 5.96. The molecule has 0 saturated carbocycles. The second-order valence-corrected chi connectivity index (χ2v) is 4.45. The highest BCUT2D eigenvalue weighted by atomic mass is 15.2. The Morgan fingerprint density at radius 3 is 2.69 bits per heavy atom. The molecule has 0 amide bonds. The van der Waals surface area contributed by atoms with Gasteiger partial charge in [-0.3, -0.25) is 0 Å². The molecule has 2 N–H and O–H groups in total. The molecule has 0 saturated heterocycles. The van der Waals surface area contributed by atoms with Crippen LogP contribution in [0.3, 0.4) is 0 Å². The van der Waals surface area contributed by atoms with Crippen LogP contribution < -0.4 is 10.6 Å². The molecular weight excluding hydrogens is 198 g/mol. The second kappa shape index (κ2) is 5.85. The van der Waals surface area contributed by atoms with E-state index in [0.717, 1.165) is 11.4 Å². The molecule has 1 unspecified atom stereocenters. The Hall–Kier alpha value is -1.09. The Morgan fingerprint density at radius 2 is 2.12 bits per heavy atom. The molecule has 0 aliphatic heterocycles. The Kier molecular flexibility index (Phi) is 4.74. The van der Waals surface area contributed by atoms with Crippen molar-refractivity contribution in [3.63, 3.8) is 0 Å². The van der Waals surface area contributed by atoms with E-state index >= 15 is 0 Å². The van der Waals surface area contributed by atoms with Crippen LogP contribution in [0.5, 0.6) is 0 Å². The molecule has 3 nitrogen and oxygen atoms in total. The number of hydrogen-bond acceptors (Lipinski definition) is 3. The fraction of sp³-hybridized carbons (Fsp3) is 0.615. The molecule has 3 heteroatoms. The van der Waals surface area contributed by atoms with Gasteiger partial charge < -0.3 is 10.6 Å². The molecular formula is C13H23N3. The predicted octanol–water partition coefficient (Wildman–Crippen LogP) is 2.73. The third-order valence-corrected chi connectivity index (χ3v) is 3.01. The van der Waals surface area contributed by atoms with Gasteiger partial charge in [0.1, 0.15) is 5.82 Å². The Labute approximate surface area is 98.7 Å². The molecule has 0 aliphatic rings. The molecule has 90 valence electrons. The summed E-state index contributed by atoms with van der Waals surface area (Å²) in [6.45, 7) is 6.43. The minimum Gasteiger partial charge on any atom is -0.357 e. The number of nitrogens with two attached hydrogens (primary N) is 1. The normalized spacial score (nSPS) is 14.6. The number of aromatic nitrogens is 1. The van der Waals surface area contributed by atoms with Crippen LogP contribution in [0.1, 0.15) is 45.2 Å². The van der Waals surface area contributed by atoms with E-state index in [0.29, 0.717) is 6.04 Å². The van der Waals surface area contributed by atoms with Crippen LogP contribution in [-0.2, 0) is 0 Å². The molecule has 16 heavy (non-hydrogen) atoms. The Balaban J connectivity index is 2.93. The van der Waals surface area contributed by atoms with Gasteiger partial charge in [-0.25, -0.2) is 4.98 Å². The van der Waals surface area contributed by atoms with Crippen LogP contribution in [0.4, 0.5) is 5.82 Å². The SMILES string of the molecule is CCCC(C)N(C)c1ncccc1[C@H](C)N. The lowest BCUT2D eigenvalue weighted by atomic mass is 10.1. The van der Waals surface area contributed by atoms with Gasteiger partial charge in [0.05, 0.1) is 0 Å². The molecule has 0 aliphatic carbocycles. The largest absolute Gasteiger partial charge is 0.357 e. The topological polar surface area (TPSA) is 42.2 Å². The van der Waals surface area contributed by atoms with E-state index in [4.69, 9.17) is 5.73 Å². The maximum atomic E-state index is 5.96. The molecule has 2 atom stereocenters. The van der Waals surface area contributed by atoms with Gasteiger partial charge in [-0.2, -0.15) is 0 Å². The first kappa shape index (κ1) is 13.0. The minimum absolute atomic E-state index is 0.0278. The van der Waals surface area contributed by atoms with Gasteiger partial charge in [0.15, 0.2) is 0 Å². The van der Waals surface area contributed by atoms with Crippen molar-refractivity contribution in [2.45, 2.75) is 45.7 Å². The van der Waals surface area contributed by atoms with Crippen molar-refractivity contribution in [1.82, 2.24) is 4.98 Å². The van der Waals surface area contributed by atoms with Crippen molar-refractivity contribution in [3.05, 3.63) is 23.9 Å². The highest BCUT2D eigenvalue weighted by Gasteiger charge is 2.15. The Morgan fingerprint density at radius 1 is 1.44 bits per heavy atom. The van der Waals surface area contributed by atoms with Crippen LogP contribution in [-0.4, -0.2) is 18.1 Å². The molecule has 1 heterocycles. The molecule has 0 fully saturated rings. The smallest absolute Gasteiger partial charge is 0.133 e. The summed E-state index contributed by atoms with van der Waals surface area (Å²) in [5.41, 5.74) is 7.08. The molecule has 0 spiro atoms.